The van der Waals surface area contributed by atoms with Gasteiger partial charge in [0.05, 0.1) is 5.69 Å². The average Bonchev–Trinajstić information content (AvgIpc) is 2.86. The molecule has 2 aromatic rings. The van der Waals surface area contributed by atoms with Crippen LogP contribution in [0.4, 0.5) is 11.4 Å². The lowest BCUT2D eigenvalue weighted by molar-refractivity contribution is 0.350. The highest BCUT2D eigenvalue weighted by atomic mass is 15.2. The number of para-hydroxylation sites is 1. The van der Waals surface area contributed by atoms with Gasteiger partial charge < -0.3 is 9.80 Å². The number of unbranched alkanes of at least 4 members (excludes halogenated alkanes) is 1. The highest BCUT2D eigenvalue weighted by molar-refractivity contribution is 6.01. The molecule has 3 rings (SSSR count). The van der Waals surface area contributed by atoms with Crippen LogP contribution in [-0.2, 0) is 0 Å². The minimum absolute atomic E-state index is 0.903. The van der Waals surface area contributed by atoms with Gasteiger partial charge in [-0.3, -0.25) is 4.99 Å². The number of rotatable bonds is 7. The number of hydrogen-bond acceptors (Lipinski definition) is 3. The first-order chi connectivity index (χ1) is 15.9. The van der Waals surface area contributed by atoms with Gasteiger partial charge in [0, 0.05) is 37.6 Å². The lowest BCUT2D eigenvalue weighted by Crippen LogP contribution is -2.44. The minimum atomic E-state index is 0.903. The third-order valence-corrected chi connectivity index (χ3v) is 5.74. The van der Waals surface area contributed by atoms with Crippen LogP contribution in [0, 0.1) is 12.8 Å². The van der Waals surface area contributed by atoms with Crippen molar-refractivity contribution in [2.45, 2.75) is 67.7 Å². The maximum absolute atomic E-state index is 4.82. The molecule has 0 unspecified atom stereocenters. The minimum Gasteiger partial charge on any atom is -0.374 e. The highest BCUT2D eigenvalue weighted by Crippen LogP contribution is 2.22. The normalized spacial score (nSPS) is 13.6. The first kappa shape index (κ1) is 28.5. The molecule has 0 saturated carbocycles. The van der Waals surface area contributed by atoms with Crippen molar-refractivity contribution in [3.8, 4) is 0 Å². The topological polar surface area (TPSA) is 18.8 Å². The van der Waals surface area contributed by atoms with E-state index in [0.29, 0.717) is 0 Å². The Morgan fingerprint density at radius 1 is 1.03 bits per heavy atom. The van der Waals surface area contributed by atoms with Gasteiger partial charge in [0.1, 0.15) is 0 Å². The second-order valence-corrected chi connectivity index (χ2v) is 8.78. The summed E-state index contributed by atoms with van der Waals surface area (Å²) in [5, 5.41) is 0. The summed E-state index contributed by atoms with van der Waals surface area (Å²) in [6.07, 6.45) is 6.08. The Hall–Kier alpha value is -2.55. The van der Waals surface area contributed by atoms with Gasteiger partial charge in [0.25, 0.3) is 0 Å². The molecule has 3 nitrogen and oxygen atoms in total. The summed E-state index contributed by atoms with van der Waals surface area (Å²) in [5.41, 5.74) is 5.75. The van der Waals surface area contributed by atoms with Crippen LogP contribution in [0.3, 0.4) is 0 Å². The fourth-order valence-corrected chi connectivity index (χ4v) is 3.64. The zero-order valence-electron chi connectivity index (χ0n) is 22.3. The predicted molar refractivity (Wildman–Crippen MR) is 149 cm³/mol. The molecule has 1 fully saturated rings. The molecular formula is C30H47N3. The number of aryl methyl sites for hydroxylation is 1. The summed E-state index contributed by atoms with van der Waals surface area (Å²) < 4.78 is 0. The molecule has 0 spiro atoms. The number of benzene rings is 2. The van der Waals surface area contributed by atoms with E-state index in [1.165, 1.54) is 36.1 Å². The zero-order valence-corrected chi connectivity index (χ0v) is 22.3. The number of nitrogens with zero attached hydrogens (tertiary/aromatic N) is 3. The Kier molecular flexibility index (Phi) is 13.9. The van der Waals surface area contributed by atoms with Crippen LogP contribution in [0.1, 0.15) is 71.9 Å². The fraction of sp³-hybridized carbons (Fsp3) is 0.500. The van der Waals surface area contributed by atoms with Gasteiger partial charge in [0.15, 0.2) is 0 Å². The van der Waals surface area contributed by atoms with E-state index in [1.54, 1.807) is 0 Å². The lowest BCUT2D eigenvalue weighted by Gasteiger charge is -2.35. The third-order valence-electron chi connectivity index (χ3n) is 5.74. The SMILES string of the molecule is C=CN1CCN(c2cccc(C(C)=Nc3ccccc3C)c2)CC1.CC.CCCCC(C)C. The third kappa shape index (κ3) is 10.3. The van der Waals surface area contributed by atoms with Gasteiger partial charge in [-0.25, -0.2) is 0 Å². The Labute approximate surface area is 204 Å². The van der Waals surface area contributed by atoms with Crippen molar-refractivity contribution in [3.63, 3.8) is 0 Å². The molecular weight excluding hydrogens is 402 g/mol. The lowest BCUT2D eigenvalue weighted by atomic mass is 10.1. The Balaban J connectivity index is 0.000000520. The fourth-order valence-electron chi connectivity index (χ4n) is 3.64. The second-order valence-electron chi connectivity index (χ2n) is 8.78. The summed E-state index contributed by atoms with van der Waals surface area (Å²) in [6, 6.07) is 17.0. The van der Waals surface area contributed by atoms with E-state index < -0.39 is 0 Å². The maximum Gasteiger partial charge on any atom is 0.0662 e. The first-order valence-corrected chi connectivity index (χ1v) is 12.8. The second kappa shape index (κ2) is 16.1. The van der Waals surface area contributed by atoms with E-state index in [9.17, 15) is 0 Å². The van der Waals surface area contributed by atoms with Crippen LogP contribution in [0.15, 0.2) is 66.3 Å². The van der Waals surface area contributed by atoms with Gasteiger partial charge in [-0.1, -0.05) is 90.8 Å². The Morgan fingerprint density at radius 3 is 2.24 bits per heavy atom. The number of hydrogen-bond donors (Lipinski definition) is 0. The van der Waals surface area contributed by atoms with Crippen LogP contribution in [0.2, 0.25) is 0 Å². The van der Waals surface area contributed by atoms with Gasteiger partial charge >= 0.3 is 0 Å². The molecule has 33 heavy (non-hydrogen) atoms. The molecule has 0 bridgehead atoms. The van der Waals surface area contributed by atoms with E-state index in [4.69, 9.17) is 4.99 Å². The van der Waals surface area contributed by atoms with Crippen LogP contribution in [-0.4, -0.2) is 36.8 Å². The highest BCUT2D eigenvalue weighted by Gasteiger charge is 2.15. The molecule has 1 heterocycles. The molecule has 0 N–H and O–H groups in total. The summed E-state index contributed by atoms with van der Waals surface area (Å²) in [7, 11) is 0. The largest absolute Gasteiger partial charge is 0.374 e. The van der Waals surface area contributed by atoms with E-state index >= 15 is 0 Å². The molecule has 0 aromatic heterocycles. The Morgan fingerprint density at radius 2 is 1.70 bits per heavy atom. The quantitative estimate of drug-likeness (QED) is 0.396. The van der Waals surface area contributed by atoms with Crippen molar-refractivity contribution >= 4 is 17.1 Å². The van der Waals surface area contributed by atoms with Crippen LogP contribution < -0.4 is 4.90 Å². The zero-order chi connectivity index (χ0) is 24.6. The van der Waals surface area contributed by atoms with Crippen molar-refractivity contribution in [1.82, 2.24) is 4.90 Å². The van der Waals surface area contributed by atoms with Crippen LogP contribution in [0.5, 0.6) is 0 Å². The van der Waals surface area contributed by atoms with E-state index in [0.717, 1.165) is 43.5 Å². The van der Waals surface area contributed by atoms with Gasteiger partial charge in [-0.15, -0.1) is 0 Å². The number of anilines is 1. The standard InChI is InChI=1S/C21H25N3.C7H16.C2H6/c1-4-23-12-14-24(15-13-23)20-10-7-9-19(16-20)18(3)22-21-11-6-5-8-17(21)2;1-4-5-6-7(2)3;1-2/h4-11,16H,1,12-15H2,2-3H3;7H,4-6H2,1-3H3;1-2H3. The molecule has 0 amide bonds. The maximum atomic E-state index is 4.82. The van der Waals surface area contributed by atoms with Crippen molar-refractivity contribution in [2.24, 2.45) is 10.9 Å². The summed E-state index contributed by atoms with van der Waals surface area (Å²) in [6.45, 7) is 23.0. The molecule has 0 aliphatic carbocycles. The van der Waals surface area contributed by atoms with Crippen molar-refractivity contribution in [2.75, 3.05) is 31.1 Å². The first-order valence-electron chi connectivity index (χ1n) is 12.8. The molecule has 1 aliphatic rings. The van der Waals surface area contributed by atoms with Crippen molar-refractivity contribution < 1.29 is 0 Å². The Bertz CT molecular complexity index is 830. The summed E-state index contributed by atoms with van der Waals surface area (Å²) >= 11 is 0. The van der Waals surface area contributed by atoms with E-state index in [2.05, 4.69) is 87.4 Å². The molecule has 0 radical (unpaired) electrons. The monoisotopic (exact) mass is 449 g/mol. The van der Waals surface area contributed by atoms with E-state index in [-0.39, 0.29) is 0 Å². The predicted octanol–water partition coefficient (Wildman–Crippen LogP) is 8.26. The number of aliphatic imine (C=N–C) groups is 1. The number of piperazine rings is 1. The molecule has 3 heteroatoms. The van der Waals surface area contributed by atoms with Gasteiger partial charge in [-0.2, -0.15) is 0 Å². The molecule has 0 atom stereocenters. The van der Waals surface area contributed by atoms with Crippen molar-refractivity contribution in [1.29, 1.82) is 0 Å². The average molecular weight is 450 g/mol. The van der Waals surface area contributed by atoms with Crippen LogP contribution >= 0.6 is 0 Å². The molecule has 1 aliphatic heterocycles. The smallest absolute Gasteiger partial charge is 0.0662 e. The van der Waals surface area contributed by atoms with E-state index in [1.807, 2.05) is 32.2 Å². The summed E-state index contributed by atoms with van der Waals surface area (Å²) in [4.78, 5) is 9.52. The molecule has 2 aromatic carbocycles. The van der Waals surface area contributed by atoms with Gasteiger partial charge in [0.2, 0.25) is 0 Å². The summed E-state index contributed by atoms with van der Waals surface area (Å²) in [5.74, 6) is 0.903. The van der Waals surface area contributed by atoms with Gasteiger partial charge in [-0.05, 0) is 55.3 Å². The van der Waals surface area contributed by atoms with Crippen LogP contribution in [0.25, 0.3) is 0 Å². The van der Waals surface area contributed by atoms with Crippen molar-refractivity contribution in [3.05, 3.63) is 72.4 Å². The molecule has 182 valence electrons. The molecule has 1 saturated heterocycles.